The molecule has 0 aromatic heterocycles. The molecule has 30 heavy (non-hydrogen) atoms. The van der Waals surface area contributed by atoms with Crippen molar-refractivity contribution in [3.05, 3.63) is 41.5 Å². The van der Waals surface area contributed by atoms with Gasteiger partial charge in [-0.25, -0.2) is 9.59 Å². The Morgan fingerprint density at radius 2 is 1.57 bits per heavy atom. The highest BCUT2D eigenvalue weighted by molar-refractivity contribution is 5.97. The van der Waals surface area contributed by atoms with E-state index in [0.717, 1.165) is 0 Å². The van der Waals surface area contributed by atoms with Gasteiger partial charge in [-0.3, -0.25) is 0 Å². The fraction of sp³-hybridized carbons (Fsp3) is 0.364. The first-order valence-electron chi connectivity index (χ1n) is 9.65. The Bertz CT molecular complexity index is 924. The van der Waals surface area contributed by atoms with Crippen LogP contribution in [0.15, 0.2) is 30.3 Å². The summed E-state index contributed by atoms with van der Waals surface area (Å²) in [6.45, 7) is 8.76. The molecule has 0 saturated heterocycles. The molecular weight excluding hydrogens is 388 g/mol. The van der Waals surface area contributed by atoms with Crippen molar-refractivity contribution in [1.82, 2.24) is 0 Å². The average molecular weight is 416 g/mol. The van der Waals surface area contributed by atoms with Crippen LogP contribution in [0, 0.1) is 11.8 Å². The highest BCUT2D eigenvalue weighted by Crippen LogP contribution is 2.37. The normalized spacial score (nSPS) is 10.9. The van der Waals surface area contributed by atoms with E-state index in [1.807, 2.05) is 27.7 Å². The van der Waals surface area contributed by atoms with E-state index in [1.54, 1.807) is 12.1 Å². The molecule has 0 unspecified atom stereocenters. The Labute approximate surface area is 175 Å². The van der Waals surface area contributed by atoms with Gasteiger partial charge in [-0.05, 0) is 36.1 Å². The third kappa shape index (κ3) is 6.04. The molecule has 8 nitrogen and oxygen atoms in total. The Balaban J connectivity index is 2.51. The van der Waals surface area contributed by atoms with E-state index < -0.39 is 11.9 Å². The first-order valence-corrected chi connectivity index (χ1v) is 9.65. The van der Waals surface area contributed by atoms with Gasteiger partial charge in [-0.2, -0.15) is 0 Å². The van der Waals surface area contributed by atoms with E-state index in [2.05, 4.69) is 5.32 Å². The lowest BCUT2D eigenvalue weighted by Gasteiger charge is -2.19. The van der Waals surface area contributed by atoms with Crippen LogP contribution < -0.4 is 20.5 Å². The number of nitrogen functional groups attached to an aromatic ring is 1. The van der Waals surface area contributed by atoms with Gasteiger partial charge in [-0.1, -0.05) is 27.7 Å². The summed E-state index contributed by atoms with van der Waals surface area (Å²) < 4.78 is 11.5. The standard InChI is InChI=1S/C22H28N2O6/c1-12(2)10-29-15-5-6-16(22(27)28)18(9-15)24-19-8-14(21(25)26)7-17(23)20(19)30-11-13(3)4/h5-9,12-13,24H,10-11,23H2,1-4H3,(H,25,26)(H,27,28). The van der Waals surface area contributed by atoms with Crippen LogP contribution in [0.4, 0.5) is 17.1 Å². The lowest BCUT2D eigenvalue weighted by molar-refractivity contribution is 0.0686. The summed E-state index contributed by atoms with van der Waals surface area (Å²) in [6, 6.07) is 7.24. The largest absolute Gasteiger partial charge is 0.493 e. The van der Waals surface area contributed by atoms with E-state index in [9.17, 15) is 19.8 Å². The third-order valence-electron chi connectivity index (χ3n) is 4.00. The molecule has 2 aromatic carbocycles. The summed E-state index contributed by atoms with van der Waals surface area (Å²) >= 11 is 0. The molecule has 0 spiro atoms. The van der Waals surface area contributed by atoms with Gasteiger partial charge in [0.15, 0.2) is 5.75 Å². The number of hydrogen-bond acceptors (Lipinski definition) is 6. The summed E-state index contributed by atoms with van der Waals surface area (Å²) in [6.07, 6.45) is 0. The minimum absolute atomic E-state index is 0.000931. The summed E-state index contributed by atoms with van der Waals surface area (Å²) in [5.74, 6) is -1.04. The molecular formula is C22H28N2O6. The Morgan fingerprint density at radius 1 is 0.933 bits per heavy atom. The molecule has 0 saturated carbocycles. The van der Waals surface area contributed by atoms with E-state index in [4.69, 9.17) is 15.2 Å². The highest BCUT2D eigenvalue weighted by atomic mass is 16.5. The second kappa shape index (κ2) is 9.87. The minimum Gasteiger partial charge on any atom is -0.493 e. The smallest absolute Gasteiger partial charge is 0.337 e. The number of carbonyl (C=O) groups is 2. The van der Waals surface area contributed by atoms with Gasteiger partial charge >= 0.3 is 11.9 Å². The fourth-order valence-electron chi connectivity index (χ4n) is 2.59. The minimum atomic E-state index is -1.16. The summed E-state index contributed by atoms with van der Waals surface area (Å²) in [7, 11) is 0. The number of carboxylic acids is 2. The summed E-state index contributed by atoms with van der Waals surface area (Å²) in [5, 5.41) is 21.9. The molecule has 0 aliphatic rings. The maximum atomic E-state index is 11.7. The monoisotopic (exact) mass is 416 g/mol. The molecule has 0 radical (unpaired) electrons. The molecule has 8 heteroatoms. The molecule has 0 aliphatic heterocycles. The average Bonchev–Trinajstić information content (AvgIpc) is 2.65. The zero-order valence-corrected chi connectivity index (χ0v) is 17.6. The third-order valence-corrected chi connectivity index (χ3v) is 4.00. The van der Waals surface area contributed by atoms with Crippen LogP contribution >= 0.6 is 0 Å². The molecule has 2 rings (SSSR count). The lowest BCUT2D eigenvalue weighted by atomic mass is 10.1. The topological polar surface area (TPSA) is 131 Å². The molecule has 0 fully saturated rings. The molecule has 2 aromatic rings. The first-order chi connectivity index (χ1) is 14.1. The maximum Gasteiger partial charge on any atom is 0.337 e. The van der Waals surface area contributed by atoms with Crippen LogP contribution in [0.1, 0.15) is 48.4 Å². The molecule has 0 atom stereocenters. The van der Waals surface area contributed by atoms with Gasteiger partial charge in [0.05, 0.1) is 41.4 Å². The molecule has 0 heterocycles. The number of rotatable bonds is 10. The molecule has 0 bridgehead atoms. The molecule has 162 valence electrons. The Hall–Kier alpha value is -3.42. The Kier molecular flexibility index (Phi) is 7.52. The first kappa shape index (κ1) is 22.9. The van der Waals surface area contributed by atoms with Crippen molar-refractivity contribution in [2.45, 2.75) is 27.7 Å². The van der Waals surface area contributed by atoms with Gasteiger partial charge in [0.1, 0.15) is 5.75 Å². The maximum absolute atomic E-state index is 11.7. The van der Waals surface area contributed by atoms with Crippen molar-refractivity contribution < 1.29 is 29.3 Å². The van der Waals surface area contributed by atoms with Crippen molar-refractivity contribution in [1.29, 1.82) is 0 Å². The number of benzene rings is 2. The van der Waals surface area contributed by atoms with E-state index in [1.165, 1.54) is 18.2 Å². The predicted octanol–water partition coefficient (Wildman–Crippen LogP) is 4.48. The number of aromatic carboxylic acids is 2. The molecule has 5 N–H and O–H groups in total. The van der Waals surface area contributed by atoms with Gasteiger partial charge in [-0.15, -0.1) is 0 Å². The molecule has 0 amide bonds. The van der Waals surface area contributed by atoms with E-state index in [0.29, 0.717) is 24.9 Å². The van der Waals surface area contributed by atoms with Crippen molar-refractivity contribution in [2.24, 2.45) is 11.8 Å². The zero-order chi connectivity index (χ0) is 22.4. The number of ether oxygens (including phenoxy) is 2. The van der Waals surface area contributed by atoms with Crippen molar-refractivity contribution in [3.8, 4) is 11.5 Å². The van der Waals surface area contributed by atoms with Crippen LogP contribution in [-0.4, -0.2) is 35.4 Å². The number of nitrogens with two attached hydrogens (primary N) is 1. The predicted molar refractivity (Wildman–Crippen MR) is 115 cm³/mol. The van der Waals surface area contributed by atoms with Crippen molar-refractivity contribution in [2.75, 3.05) is 24.3 Å². The second-order valence-corrected chi connectivity index (χ2v) is 7.79. The number of carboxylic acid groups (broad SMARTS) is 2. The van der Waals surface area contributed by atoms with E-state index in [-0.39, 0.29) is 39.9 Å². The number of nitrogens with one attached hydrogen (secondary N) is 1. The summed E-state index contributed by atoms with van der Waals surface area (Å²) in [4.78, 5) is 23.2. The quantitative estimate of drug-likeness (QED) is 0.417. The van der Waals surface area contributed by atoms with Crippen LogP contribution in [0.2, 0.25) is 0 Å². The van der Waals surface area contributed by atoms with Crippen LogP contribution in [0.3, 0.4) is 0 Å². The van der Waals surface area contributed by atoms with Gasteiger partial charge < -0.3 is 30.7 Å². The van der Waals surface area contributed by atoms with Gasteiger partial charge in [0, 0.05) is 6.07 Å². The van der Waals surface area contributed by atoms with Gasteiger partial charge in [0.25, 0.3) is 0 Å². The van der Waals surface area contributed by atoms with Crippen molar-refractivity contribution >= 4 is 29.0 Å². The van der Waals surface area contributed by atoms with Crippen LogP contribution in [-0.2, 0) is 0 Å². The SMILES string of the molecule is CC(C)COc1ccc(C(=O)O)c(Nc2cc(C(=O)O)cc(N)c2OCC(C)C)c1. The highest BCUT2D eigenvalue weighted by Gasteiger charge is 2.18. The fourth-order valence-corrected chi connectivity index (χ4v) is 2.59. The lowest BCUT2D eigenvalue weighted by Crippen LogP contribution is -2.11. The van der Waals surface area contributed by atoms with Crippen molar-refractivity contribution in [3.63, 3.8) is 0 Å². The van der Waals surface area contributed by atoms with Crippen LogP contribution in [0.25, 0.3) is 0 Å². The summed E-state index contributed by atoms with van der Waals surface area (Å²) in [5.41, 5.74) is 6.63. The van der Waals surface area contributed by atoms with Gasteiger partial charge in [0.2, 0.25) is 0 Å². The Morgan fingerprint density at radius 3 is 2.13 bits per heavy atom. The zero-order valence-electron chi connectivity index (χ0n) is 17.6. The van der Waals surface area contributed by atoms with Crippen LogP contribution in [0.5, 0.6) is 11.5 Å². The molecule has 0 aliphatic carbocycles. The second-order valence-electron chi connectivity index (χ2n) is 7.79. The van der Waals surface area contributed by atoms with E-state index >= 15 is 0 Å². The number of hydrogen-bond donors (Lipinski definition) is 4. The number of anilines is 3.